The summed E-state index contributed by atoms with van der Waals surface area (Å²) in [5.74, 6) is 0.768. The molecule has 0 bridgehead atoms. The van der Waals surface area contributed by atoms with E-state index in [0.29, 0.717) is 0 Å². The second kappa shape index (κ2) is 7.71. The normalized spacial score (nSPS) is 13.2. The molecule has 0 spiro atoms. The zero-order valence-corrected chi connectivity index (χ0v) is 17.5. The van der Waals surface area contributed by atoms with Gasteiger partial charge in [-0.2, -0.15) is 0 Å². The molecular formula is C24H28O2Si. The van der Waals surface area contributed by atoms with Gasteiger partial charge in [-0.15, -0.1) is 0 Å². The summed E-state index contributed by atoms with van der Waals surface area (Å²) in [6, 6.07) is 28.9. The predicted octanol–water partition coefficient (Wildman–Crippen LogP) is 4.33. The van der Waals surface area contributed by atoms with Crippen molar-refractivity contribution in [3.8, 4) is 5.75 Å². The molecule has 2 nitrogen and oxygen atoms in total. The van der Waals surface area contributed by atoms with E-state index < -0.39 is 13.8 Å². The van der Waals surface area contributed by atoms with E-state index in [1.54, 1.807) is 7.11 Å². The van der Waals surface area contributed by atoms with Crippen LogP contribution in [0.2, 0.25) is 5.04 Å². The van der Waals surface area contributed by atoms with Gasteiger partial charge in [0.05, 0.1) is 12.8 Å². The zero-order chi connectivity index (χ0) is 19.5. The molecule has 1 atom stereocenters. The summed E-state index contributed by atoms with van der Waals surface area (Å²) in [5.41, 5.74) is 0.307. The second-order valence-electron chi connectivity index (χ2n) is 7.97. The monoisotopic (exact) mass is 376 g/mol. The Hall–Kier alpha value is -2.36. The highest BCUT2D eigenvalue weighted by Crippen LogP contribution is 2.43. The Morgan fingerprint density at radius 2 is 1.30 bits per heavy atom. The molecule has 0 aliphatic heterocycles. The lowest BCUT2D eigenvalue weighted by Crippen LogP contribution is -2.68. The summed E-state index contributed by atoms with van der Waals surface area (Å²) in [7, 11) is -0.968. The van der Waals surface area contributed by atoms with Crippen molar-refractivity contribution in [2.75, 3.05) is 7.11 Å². The fourth-order valence-electron chi connectivity index (χ4n) is 4.22. The van der Waals surface area contributed by atoms with Gasteiger partial charge >= 0.3 is 0 Å². The third-order valence-corrected chi connectivity index (χ3v) is 11.5. The van der Waals surface area contributed by atoms with Gasteiger partial charge < -0.3 is 9.84 Å². The highest BCUT2D eigenvalue weighted by atomic mass is 28.3. The smallest absolute Gasteiger partial charge is 0.159 e. The summed E-state index contributed by atoms with van der Waals surface area (Å²) in [6.45, 7) is 6.76. The number of hydrogen-bond acceptors (Lipinski definition) is 2. The van der Waals surface area contributed by atoms with Crippen LogP contribution in [-0.2, 0) is 0 Å². The first-order valence-corrected chi connectivity index (χ1v) is 11.4. The van der Waals surface area contributed by atoms with Crippen LogP contribution in [0, 0.1) is 0 Å². The van der Waals surface area contributed by atoms with E-state index in [4.69, 9.17) is 4.74 Å². The first-order chi connectivity index (χ1) is 12.9. The number of hydrogen-bond donors (Lipinski definition) is 1. The van der Waals surface area contributed by atoms with E-state index in [2.05, 4.69) is 69.3 Å². The Bertz CT molecular complexity index is 830. The molecule has 27 heavy (non-hydrogen) atoms. The molecule has 0 aliphatic rings. The van der Waals surface area contributed by atoms with Gasteiger partial charge in [-0.1, -0.05) is 104 Å². The first-order valence-electron chi connectivity index (χ1n) is 9.34. The largest absolute Gasteiger partial charge is 0.497 e. The number of benzene rings is 3. The van der Waals surface area contributed by atoms with Crippen LogP contribution in [0.15, 0.2) is 84.9 Å². The van der Waals surface area contributed by atoms with Crippen LogP contribution in [0.3, 0.4) is 0 Å². The average Bonchev–Trinajstić information content (AvgIpc) is 2.69. The van der Waals surface area contributed by atoms with Crippen LogP contribution in [-0.4, -0.2) is 20.3 Å². The summed E-state index contributed by atoms with van der Waals surface area (Å²) in [6.07, 6.45) is 0. The Morgan fingerprint density at radius 1 is 0.778 bits per heavy atom. The van der Waals surface area contributed by atoms with Gasteiger partial charge in [0.2, 0.25) is 0 Å². The number of aliphatic hydroxyl groups is 1. The summed E-state index contributed by atoms with van der Waals surface area (Å²) in [4.78, 5) is 0. The Morgan fingerprint density at radius 3 is 1.74 bits per heavy atom. The summed E-state index contributed by atoms with van der Waals surface area (Å²) < 4.78 is 5.42. The molecule has 140 valence electrons. The van der Waals surface area contributed by atoms with E-state index >= 15 is 0 Å². The van der Waals surface area contributed by atoms with Gasteiger partial charge in [-0.25, -0.2) is 0 Å². The number of rotatable bonds is 5. The van der Waals surface area contributed by atoms with E-state index in [1.807, 2.05) is 36.4 Å². The van der Waals surface area contributed by atoms with E-state index in [1.165, 1.54) is 10.4 Å². The van der Waals surface area contributed by atoms with Gasteiger partial charge in [0.15, 0.2) is 8.07 Å². The second-order valence-corrected chi connectivity index (χ2v) is 12.8. The van der Waals surface area contributed by atoms with E-state index in [9.17, 15) is 5.11 Å². The zero-order valence-electron chi connectivity index (χ0n) is 16.5. The highest BCUT2D eigenvalue weighted by molar-refractivity contribution is 7.04. The van der Waals surface area contributed by atoms with Gasteiger partial charge in [-0.05, 0) is 22.7 Å². The van der Waals surface area contributed by atoms with E-state index in [-0.39, 0.29) is 5.04 Å². The molecule has 1 N–H and O–H groups in total. The third kappa shape index (κ3) is 3.45. The maximum absolute atomic E-state index is 11.9. The minimum absolute atomic E-state index is 0.113. The maximum atomic E-state index is 11.9. The molecule has 3 heteroatoms. The Labute approximate surface area is 163 Å². The molecule has 0 saturated heterocycles. The van der Waals surface area contributed by atoms with Gasteiger partial charge in [-0.3, -0.25) is 0 Å². The standard InChI is InChI=1S/C24H28O2Si/c1-24(2,3)27(21-14-7-5-8-15-21,22-16-9-6-10-17-22)23(25)19-12-11-13-20(18-19)26-4/h5-18,23,25H,1-4H3. The van der Waals surface area contributed by atoms with Gasteiger partial charge in [0.1, 0.15) is 5.75 Å². The molecule has 0 radical (unpaired) electrons. The maximum Gasteiger partial charge on any atom is 0.159 e. The van der Waals surface area contributed by atoms with Crippen LogP contribution in [0.5, 0.6) is 5.75 Å². The molecule has 0 aliphatic carbocycles. The fraction of sp³-hybridized carbons (Fsp3) is 0.250. The molecule has 1 unspecified atom stereocenters. The van der Waals surface area contributed by atoms with Crippen molar-refractivity contribution in [1.82, 2.24) is 0 Å². The average molecular weight is 377 g/mol. The van der Waals surface area contributed by atoms with Crippen LogP contribution >= 0.6 is 0 Å². The molecule has 3 rings (SSSR count). The SMILES string of the molecule is COc1cccc(C(O)[Si](c2ccccc2)(c2ccccc2)C(C)(C)C)c1. The third-order valence-electron chi connectivity index (χ3n) is 5.46. The van der Waals surface area contributed by atoms with Crippen LogP contribution in [0.25, 0.3) is 0 Å². The van der Waals surface area contributed by atoms with Crippen LogP contribution in [0.1, 0.15) is 32.1 Å². The van der Waals surface area contributed by atoms with Crippen molar-refractivity contribution in [1.29, 1.82) is 0 Å². The minimum Gasteiger partial charge on any atom is -0.497 e. The predicted molar refractivity (Wildman–Crippen MR) is 116 cm³/mol. The molecule has 0 saturated carbocycles. The van der Waals surface area contributed by atoms with Crippen molar-refractivity contribution in [2.24, 2.45) is 0 Å². The molecule has 0 fully saturated rings. The Balaban J connectivity index is 2.32. The lowest BCUT2D eigenvalue weighted by Gasteiger charge is -2.47. The Kier molecular flexibility index (Phi) is 5.54. The molecule has 0 heterocycles. The van der Waals surface area contributed by atoms with Crippen molar-refractivity contribution < 1.29 is 9.84 Å². The molecule has 3 aromatic rings. The lowest BCUT2D eigenvalue weighted by atomic mass is 10.2. The molecule has 0 amide bonds. The lowest BCUT2D eigenvalue weighted by molar-refractivity contribution is 0.245. The number of ether oxygens (including phenoxy) is 1. The topological polar surface area (TPSA) is 29.5 Å². The minimum atomic E-state index is -2.63. The van der Waals surface area contributed by atoms with Gasteiger partial charge in [0.25, 0.3) is 0 Å². The number of methoxy groups -OCH3 is 1. The summed E-state index contributed by atoms with van der Waals surface area (Å²) >= 11 is 0. The fourth-order valence-corrected chi connectivity index (χ4v) is 9.86. The quantitative estimate of drug-likeness (QED) is 0.672. The molecular weight excluding hydrogens is 348 g/mol. The van der Waals surface area contributed by atoms with E-state index in [0.717, 1.165) is 11.3 Å². The van der Waals surface area contributed by atoms with Crippen LogP contribution in [0.4, 0.5) is 0 Å². The molecule has 0 aromatic heterocycles. The van der Waals surface area contributed by atoms with Crippen molar-refractivity contribution in [3.63, 3.8) is 0 Å². The molecule has 3 aromatic carbocycles. The van der Waals surface area contributed by atoms with Crippen LogP contribution < -0.4 is 15.1 Å². The van der Waals surface area contributed by atoms with Crippen molar-refractivity contribution in [3.05, 3.63) is 90.5 Å². The van der Waals surface area contributed by atoms with Gasteiger partial charge in [0, 0.05) is 0 Å². The first kappa shape index (κ1) is 19.4. The van der Waals surface area contributed by atoms with Crippen molar-refractivity contribution >= 4 is 18.4 Å². The number of aliphatic hydroxyl groups excluding tert-OH is 1. The van der Waals surface area contributed by atoms with Crippen molar-refractivity contribution in [2.45, 2.75) is 31.5 Å². The summed E-state index contributed by atoms with van der Waals surface area (Å²) in [5, 5.41) is 14.3. The highest BCUT2D eigenvalue weighted by Gasteiger charge is 2.53.